The summed E-state index contributed by atoms with van der Waals surface area (Å²) in [5.74, 6) is -1.72. The van der Waals surface area contributed by atoms with E-state index in [4.69, 9.17) is 22.4 Å². The summed E-state index contributed by atoms with van der Waals surface area (Å²) < 4.78 is 0.712. The van der Waals surface area contributed by atoms with Crippen LogP contribution < -0.4 is 11.1 Å². The van der Waals surface area contributed by atoms with Crippen LogP contribution in [0.4, 0.5) is 11.4 Å². The fourth-order valence-corrected chi connectivity index (χ4v) is 2.31. The molecule has 0 saturated heterocycles. The van der Waals surface area contributed by atoms with E-state index >= 15 is 0 Å². The number of anilines is 2. The van der Waals surface area contributed by atoms with E-state index in [1.807, 2.05) is 0 Å². The van der Waals surface area contributed by atoms with Gasteiger partial charge < -0.3 is 16.2 Å². The molecule has 0 spiro atoms. The number of rotatable bonds is 4. The molecule has 0 fully saturated rings. The van der Waals surface area contributed by atoms with Crippen molar-refractivity contribution in [1.29, 1.82) is 0 Å². The fraction of sp³-hybridized carbons (Fsp3) is 0. The van der Waals surface area contributed by atoms with E-state index in [9.17, 15) is 9.59 Å². The Labute approximate surface area is 133 Å². The molecule has 7 heteroatoms. The van der Waals surface area contributed by atoms with Gasteiger partial charge in [0, 0.05) is 10.2 Å². The highest BCUT2D eigenvalue weighted by molar-refractivity contribution is 9.10. The molecule has 0 aliphatic rings. The largest absolute Gasteiger partial charge is 0.478 e. The number of primary amides is 1. The van der Waals surface area contributed by atoms with Gasteiger partial charge in [-0.1, -0.05) is 27.5 Å². The second kappa shape index (κ2) is 6.15. The number of nitrogens with one attached hydrogen (secondary N) is 1. The van der Waals surface area contributed by atoms with Crippen LogP contribution in [-0.4, -0.2) is 17.0 Å². The highest BCUT2D eigenvalue weighted by atomic mass is 79.9. The Bertz CT molecular complexity index is 734. The van der Waals surface area contributed by atoms with E-state index in [0.29, 0.717) is 15.8 Å². The molecule has 0 aliphatic heterocycles. The fourth-order valence-electron chi connectivity index (χ4n) is 1.75. The summed E-state index contributed by atoms with van der Waals surface area (Å²) in [4.78, 5) is 22.5. The molecule has 5 nitrogen and oxygen atoms in total. The van der Waals surface area contributed by atoms with Gasteiger partial charge in [-0.15, -0.1) is 0 Å². The second-order valence-electron chi connectivity index (χ2n) is 4.18. The number of aromatic carboxylic acids is 1. The summed E-state index contributed by atoms with van der Waals surface area (Å²) in [6.07, 6.45) is 0. The van der Waals surface area contributed by atoms with Crippen LogP contribution in [0.3, 0.4) is 0 Å². The molecule has 0 unspecified atom stereocenters. The number of carbonyl (C=O) groups is 2. The molecule has 0 atom stereocenters. The quantitative estimate of drug-likeness (QED) is 0.767. The monoisotopic (exact) mass is 368 g/mol. The van der Waals surface area contributed by atoms with Crippen molar-refractivity contribution < 1.29 is 14.7 Å². The Morgan fingerprint density at radius 3 is 2.48 bits per heavy atom. The maximum Gasteiger partial charge on any atom is 0.337 e. The number of halogens is 2. The zero-order valence-electron chi connectivity index (χ0n) is 10.6. The predicted molar refractivity (Wildman–Crippen MR) is 84.4 cm³/mol. The van der Waals surface area contributed by atoms with Gasteiger partial charge in [-0.05, 0) is 36.4 Å². The predicted octanol–water partition coefficient (Wildman–Crippen LogP) is 3.64. The van der Waals surface area contributed by atoms with Crippen LogP contribution in [0.1, 0.15) is 20.7 Å². The van der Waals surface area contributed by atoms with Gasteiger partial charge in [0.1, 0.15) is 0 Å². The van der Waals surface area contributed by atoms with Crippen molar-refractivity contribution in [3.63, 3.8) is 0 Å². The lowest BCUT2D eigenvalue weighted by Gasteiger charge is -2.11. The minimum Gasteiger partial charge on any atom is -0.478 e. The van der Waals surface area contributed by atoms with Crippen LogP contribution in [-0.2, 0) is 0 Å². The maximum atomic E-state index is 11.4. The second-order valence-corrected chi connectivity index (χ2v) is 5.50. The average molecular weight is 370 g/mol. The minimum atomic E-state index is -1.13. The van der Waals surface area contributed by atoms with E-state index < -0.39 is 11.9 Å². The molecule has 4 N–H and O–H groups in total. The Morgan fingerprint density at radius 2 is 1.86 bits per heavy atom. The van der Waals surface area contributed by atoms with Crippen LogP contribution >= 0.6 is 27.5 Å². The van der Waals surface area contributed by atoms with Crippen molar-refractivity contribution in [2.45, 2.75) is 0 Å². The minimum absolute atomic E-state index is 0.0283. The molecule has 2 aromatic carbocycles. The number of carboxylic acid groups (broad SMARTS) is 1. The van der Waals surface area contributed by atoms with Crippen LogP contribution in [0.25, 0.3) is 0 Å². The van der Waals surface area contributed by atoms with Crippen molar-refractivity contribution >= 4 is 50.8 Å². The van der Waals surface area contributed by atoms with E-state index in [0.717, 1.165) is 0 Å². The number of carboxylic acids is 1. The first-order chi connectivity index (χ1) is 9.88. The zero-order chi connectivity index (χ0) is 15.6. The Morgan fingerprint density at radius 1 is 1.14 bits per heavy atom. The normalized spacial score (nSPS) is 10.2. The lowest BCUT2D eigenvalue weighted by atomic mass is 10.1. The molecule has 0 bridgehead atoms. The van der Waals surface area contributed by atoms with Gasteiger partial charge in [0.2, 0.25) is 0 Å². The average Bonchev–Trinajstić information content (AvgIpc) is 2.42. The SMILES string of the molecule is NC(=O)c1cc(Br)ccc1Nc1ccc(Cl)c(C(=O)O)c1. The lowest BCUT2D eigenvalue weighted by molar-refractivity contribution is 0.0697. The molecule has 0 saturated carbocycles. The number of hydrogen-bond donors (Lipinski definition) is 3. The summed E-state index contributed by atoms with van der Waals surface area (Å²) in [5, 5.41) is 12.1. The summed E-state index contributed by atoms with van der Waals surface area (Å²) in [7, 11) is 0. The third kappa shape index (κ3) is 3.53. The van der Waals surface area contributed by atoms with Gasteiger partial charge in [-0.25, -0.2) is 4.79 Å². The highest BCUT2D eigenvalue weighted by Gasteiger charge is 2.12. The molecule has 108 valence electrons. The number of nitrogens with two attached hydrogens (primary N) is 1. The van der Waals surface area contributed by atoms with Gasteiger partial charge in [0.15, 0.2) is 0 Å². The first kappa shape index (κ1) is 15.3. The Balaban J connectivity index is 2.41. The van der Waals surface area contributed by atoms with Gasteiger partial charge in [0.25, 0.3) is 5.91 Å². The summed E-state index contributed by atoms with van der Waals surface area (Å²) in [5.41, 5.74) is 6.55. The van der Waals surface area contributed by atoms with Gasteiger partial charge in [-0.2, -0.15) is 0 Å². The standard InChI is InChI=1S/C14H10BrClN2O3/c15-7-1-4-12(10(5-7)13(17)19)18-8-2-3-11(16)9(6-8)14(20)21/h1-6,18H,(H2,17,19)(H,20,21). The van der Waals surface area contributed by atoms with E-state index in [2.05, 4.69) is 21.2 Å². The van der Waals surface area contributed by atoms with Crippen molar-refractivity contribution in [2.75, 3.05) is 5.32 Å². The topological polar surface area (TPSA) is 92.4 Å². The highest BCUT2D eigenvalue weighted by Crippen LogP contribution is 2.27. The number of hydrogen-bond acceptors (Lipinski definition) is 3. The Kier molecular flexibility index (Phi) is 4.50. The number of benzene rings is 2. The molecule has 2 aromatic rings. The van der Waals surface area contributed by atoms with E-state index in [1.54, 1.807) is 24.3 Å². The third-order valence-corrected chi connectivity index (χ3v) is 3.55. The lowest BCUT2D eigenvalue weighted by Crippen LogP contribution is -2.13. The maximum absolute atomic E-state index is 11.4. The van der Waals surface area contributed by atoms with E-state index in [-0.39, 0.29) is 16.1 Å². The van der Waals surface area contributed by atoms with Crippen LogP contribution in [0.2, 0.25) is 5.02 Å². The van der Waals surface area contributed by atoms with Gasteiger partial charge >= 0.3 is 5.97 Å². The van der Waals surface area contributed by atoms with Crippen LogP contribution in [0, 0.1) is 0 Å². The van der Waals surface area contributed by atoms with Crippen molar-refractivity contribution in [2.24, 2.45) is 5.73 Å². The molecule has 1 amide bonds. The molecule has 0 radical (unpaired) electrons. The van der Waals surface area contributed by atoms with Crippen LogP contribution in [0.15, 0.2) is 40.9 Å². The number of carbonyl (C=O) groups excluding carboxylic acids is 1. The first-order valence-corrected chi connectivity index (χ1v) is 6.95. The smallest absolute Gasteiger partial charge is 0.337 e. The Hall–Kier alpha value is -2.05. The van der Waals surface area contributed by atoms with E-state index in [1.165, 1.54) is 12.1 Å². The van der Waals surface area contributed by atoms with Crippen molar-refractivity contribution in [1.82, 2.24) is 0 Å². The molecule has 0 aromatic heterocycles. The summed E-state index contributed by atoms with van der Waals surface area (Å²) in [6.45, 7) is 0. The molecular formula is C14H10BrClN2O3. The molecule has 21 heavy (non-hydrogen) atoms. The van der Waals surface area contributed by atoms with Crippen molar-refractivity contribution in [3.8, 4) is 0 Å². The molecule has 2 rings (SSSR count). The summed E-state index contributed by atoms with van der Waals surface area (Å²) >= 11 is 9.07. The first-order valence-electron chi connectivity index (χ1n) is 5.77. The zero-order valence-corrected chi connectivity index (χ0v) is 12.9. The molecular weight excluding hydrogens is 360 g/mol. The third-order valence-electron chi connectivity index (χ3n) is 2.72. The molecule has 0 heterocycles. The van der Waals surface area contributed by atoms with Gasteiger partial charge in [-0.3, -0.25) is 4.79 Å². The molecule has 0 aliphatic carbocycles. The van der Waals surface area contributed by atoms with Crippen LogP contribution in [0.5, 0.6) is 0 Å². The van der Waals surface area contributed by atoms with Crippen molar-refractivity contribution in [3.05, 3.63) is 57.0 Å². The number of amides is 1. The summed E-state index contributed by atoms with van der Waals surface area (Å²) in [6, 6.07) is 9.45. The van der Waals surface area contributed by atoms with Gasteiger partial charge in [0.05, 0.1) is 21.8 Å².